The Morgan fingerprint density at radius 3 is 2.78 bits per heavy atom. The van der Waals surface area contributed by atoms with Crippen LogP contribution in [-0.4, -0.2) is 14.9 Å². The molecule has 0 atom stereocenters. The third kappa shape index (κ3) is 2.09. The Morgan fingerprint density at radius 1 is 1.50 bits per heavy atom. The molecular formula is C12H12FN3O2. The summed E-state index contributed by atoms with van der Waals surface area (Å²) in [5.41, 5.74) is 1.18. The van der Waals surface area contributed by atoms with E-state index in [1.165, 1.54) is 0 Å². The summed E-state index contributed by atoms with van der Waals surface area (Å²) < 4.78 is 13.3. The highest BCUT2D eigenvalue weighted by Gasteiger charge is 2.20. The summed E-state index contributed by atoms with van der Waals surface area (Å²) in [7, 11) is 0. The van der Waals surface area contributed by atoms with Crippen LogP contribution in [-0.2, 0) is 6.42 Å². The van der Waals surface area contributed by atoms with Crippen molar-refractivity contribution in [2.45, 2.75) is 20.3 Å². The summed E-state index contributed by atoms with van der Waals surface area (Å²) >= 11 is 0. The summed E-state index contributed by atoms with van der Waals surface area (Å²) in [4.78, 5) is 17.7. The second kappa shape index (κ2) is 4.56. The van der Waals surface area contributed by atoms with Gasteiger partial charge in [0.25, 0.3) is 5.69 Å². The second-order valence-corrected chi connectivity index (χ2v) is 3.93. The molecule has 0 saturated heterocycles. The van der Waals surface area contributed by atoms with Gasteiger partial charge < -0.3 is 4.98 Å². The van der Waals surface area contributed by atoms with Gasteiger partial charge in [0, 0.05) is 18.2 Å². The predicted molar refractivity (Wildman–Crippen MR) is 64.8 cm³/mol. The van der Waals surface area contributed by atoms with Gasteiger partial charge in [0.2, 0.25) is 0 Å². The third-order valence-corrected chi connectivity index (χ3v) is 2.68. The number of hydrogen-bond donors (Lipinski definition) is 1. The molecule has 1 aromatic heterocycles. The van der Waals surface area contributed by atoms with E-state index in [-0.39, 0.29) is 11.3 Å². The van der Waals surface area contributed by atoms with Crippen molar-refractivity contribution in [3.05, 3.63) is 45.6 Å². The van der Waals surface area contributed by atoms with Gasteiger partial charge in [-0.3, -0.25) is 10.1 Å². The number of H-pyrrole nitrogens is 1. The Bertz CT molecular complexity index is 607. The fourth-order valence-corrected chi connectivity index (χ4v) is 1.81. The standard InChI is InChI=1S/C12H12FN3O2/c1-3-11-14-7(2)12(15-11)9-6-8(13)4-5-10(9)16(17)18/h4-6H,3H2,1-2H3,(H,14,15). The summed E-state index contributed by atoms with van der Waals surface area (Å²) in [5.74, 6) is 0.206. The number of hydrogen-bond acceptors (Lipinski definition) is 3. The number of nitro benzene ring substituents is 1. The minimum Gasteiger partial charge on any atom is -0.346 e. The van der Waals surface area contributed by atoms with Crippen LogP contribution in [0.15, 0.2) is 18.2 Å². The lowest BCUT2D eigenvalue weighted by molar-refractivity contribution is -0.384. The molecule has 0 aliphatic rings. The van der Waals surface area contributed by atoms with E-state index in [1.54, 1.807) is 6.92 Å². The van der Waals surface area contributed by atoms with E-state index in [0.717, 1.165) is 24.0 Å². The van der Waals surface area contributed by atoms with E-state index in [0.29, 0.717) is 17.8 Å². The Balaban J connectivity index is 2.64. The maximum Gasteiger partial charge on any atom is 0.279 e. The number of nitrogens with zero attached hydrogens (tertiary/aromatic N) is 2. The molecule has 0 spiro atoms. The average Bonchev–Trinajstić information content (AvgIpc) is 2.70. The third-order valence-electron chi connectivity index (χ3n) is 2.68. The molecule has 0 fully saturated rings. The molecule has 1 aromatic carbocycles. The van der Waals surface area contributed by atoms with Crippen LogP contribution in [0.2, 0.25) is 0 Å². The summed E-state index contributed by atoms with van der Waals surface area (Å²) in [5, 5.41) is 10.9. The van der Waals surface area contributed by atoms with Gasteiger partial charge in [-0.05, 0) is 19.1 Å². The van der Waals surface area contributed by atoms with Crippen molar-refractivity contribution < 1.29 is 9.31 Å². The fourth-order valence-electron chi connectivity index (χ4n) is 1.81. The SMILES string of the molecule is CCc1nc(-c2cc(F)ccc2[N+](=O)[O-])c(C)[nH]1. The van der Waals surface area contributed by atoms with Gasteiger partial charge in [-0.1, -0.05) is 6.92 Å². The normalized spacial score (nSPS) is 10.6. The van der Waals surface area contributed by atoms with Crippen LogP contribution >= 0.6 is 0 Å². The Hall–Kier alpha value is -2.24. The van der Waals surface area contributed by atoms with Crippen LogP contribution in [0.5, 0.6) is 0 Å². The summed E-state index contributed by atoms with van der Waals surface area (Å²) in [6.07, 6.45) is 0.684. The molecule has 0 unspecified atom stereocenters. The number of imidazole rings is 1. The molecule has 6 heteroatoms. The number of nitrogens with one attached hydrogen (secondary N) is 1. The molecule has 0 aliphatic heterocycles. The van der Waals surface area contributed by atoms with E-state index in [4.69, 9.17) is 0 Å². The van der Waals surface area contributed by atoms with Crippen LogP contribution in [0.25, 0.3) is 11.3 Å². The van der Waals surface area contributed by atoms with E-state index in [2.05, 4.69) is 9.97 Å². The molecule has 0 aliphatic carbocycles. The molecule has 2 rings (SSSR count). The van der Waals surface area contributed by atoms with Gasteiger partial charge in [0.05, 0.1) is 16.2 Å². The molecule has 0 radical (unpaired) electrons. The molecule has 18 heavy (non-hydrogen) atoms. The van der Waals surface area contributed by atoms with E-state index in [9.17, 15) is 14.5 Å². The summed E-state index contributed by atoms with van der Waals surface area (Å²) in [6, 6.07) is 3.37. The highest BCUT2D eigenvalue weighted by atomic mass is 19.1. The predicted octanol–water partition coefficient (Wildman–Crippen LogP) is 2.99. The molecular weight excluding hydrogens is 237 g/mol. The Kier molecular flexibility index (Phi) is 3.10. The Labute approximate surface area is 103 Å². The highest BCUT2D eigenvalue weighted by Crippen LogP contribution is 2.31. The topological polar surface area (TPSA) is 71.8 Å². The first kappa shape index (κ1) is 12.2. The van der Waals surface area contributed by atoms with Crippen molar-refractivity contribution in [3.63, 3.8) is 0 Å². The van der Waals surface area contributed by atoms with Crippen LogP contribution in [0, 0.1) is 22.9 Å². The molecule has 94 valence electrons. The van der Waals surface area contributed by atoms with Crippen molar-refractivity contribution >= 4 is 5.69 Å². The van der Waals surface area contributed by atoms with Gasteiger partial charge >= 0.3 is 0 Å². The molecule has 2 aromatic rings. The molecule has 0 bridgehead atoms. The lowest BCUT2D eigenvalue weighted by Gasteiger charge is -2.01. The number of aromatic amines is 1. The van der Waals surface area contributed by atoms with Gasteiger partial charge in [0.15, 0.2) is 0 Å². The molecule has 0 saturated carbocycles. The number of aromatic nitrogens is 2. The first-order valence-electron chi connectivity index (χ1n) is 5.52. The number of aryl methyl sites for hydroxylation is 2. The van der Waals surface area contributed by atoms with Crippen molar-refractivity contribution in [2.75, 3.05) is 0 Å². The van der Waals surface area contributed by atoms with Crippen LogP contribution in [0.3, 0.4) is 0 Å². The van der Waals surface area contributed by atoms with Gasteiger partial charge in [-0.15, -0.1) is 0 Å². The van der Waals surface area contributed by atoms with Crippen molar-refractivity contribution in [2.24, 2.45) is 0 Å². The Morgan fingerprint density at radius 2 is 2.22 bits per heavy atom. The highest BCUT2D eigenvalue weighted by molar-refractivity contribution is 5.72. The van der Waals surface area contributed by atoms with Gasteiger partial charge in [-0.25, -0.2) is 9.37 Å². The lowest BCUT2D eigenvalue weighted by Crippen LogP contribution is -1.94. The molecule has 1 N–H and O–H groups in total. The smallest absolute Gasteiger partial charge is 0.279 e. The second-order valence-electron chi connectivity index (χ2n) is 3.93. The number of benzene rings is 1. The largest absolute Gasteiger partial charge is 0.346 e. The van der Waals surface area contributed by atoms with E-state index < -0.39 is 10.7 Å². The van der Waals surface area contributed by atoms with Crippen LogP contribution in [0.4, 0.5) is 10.1 Å². The zero-order valence-corrected chi connectivity index (χ0v) is 10.0. The van der Waals surface area contributed by atoms with Crippen molar-refractivity contribution in [1.29, 1.82) is 0 Å². The van der Waals surface area contributed by atoms with Crippen molar-refractivity contribution in [3.8, 4) is 11.3 Å². The maximum atomic E-state index is 13.3. The molecule has 0 amide bonds. The lowest BCUT2D eigenvalue weighted by atomic mass is 10.1. The maximum absolute atomic E-state index is 13.3. The summed E-state index contributed by atoms with van der Waals surface area (Å²) in [6.45, 7) is 3.68. The number of rotatable bonds is 3. The fraction of sp³-hybridized carbons (Fsp3) is 0.250. The van der Waals surface area contributed by atoms with Gasteiger partial charge in [0.1, 0.15) is 11.6 Å². The average molecular weight is 249 g/mol. The van der Waals surface area contributed by atoms with E-state index in [1.807, 2.05) is 6.92 Å². The minimum absolute atomic E-state index is 0.145. The van der Waals surface area contributed by atoms with Crippen LogP contribution in [0.1, 0.15) is 18.4 Å². The number of halogens is 1. The minimum atomic E-state index is -0.533. The van der Waals surface area contributed by atoms with E-state index >= 15 is 0 Å². The number of nitro groups is 1. The molecule has 5 nitrogen and oxygen atoms in total. The first-order valence-corrected chi connectivity index (χ1v) is 5.52. The monoisotopic (exact) mass is 249 g/mol. The van der Waals surface area contributed by atoms with Gasteiger partial charge in [-0.2, -0.15) is 0 Å². The first-order chi connectivity index (χ1) is 8.52. The quantitative estimate of drug-likeness (QED) is 0.671. The molecule has 1 heterocycles. The zero-order chi connectivity index (χ0) is 13.3. The van der Waals surface area contributed by atoms with Crippen LogP contribution < -0.4 is 0 Å². The zero-order valence-electron chi connectivity index (χ0n) is 10.0. The van der Waals surface area contributed by atoms with Crippen molar-refractivity contribution in [1.82, 2.24) is 9.97 Å².